The normalized spacial score (nSPS) is 13.8. The topological polar surface area (TPSA) is 75.6 Å². The molecule has 1 aliphatic rings. The molecule has 0 saturated heterocycles. The molecule has 7 heteroatoms. The first-order valence-electron chi connectivity index (χ1n) is 8.10. The summed E-state index contributed by atoms with van der Waals surface area (Å²) in [6.45, 7) is 0.109. The second-order valence-corrected chi connectivity index (χ2v) is 7.26. The van der Waals surface area contributed by atoms with E-state index < -0.39 is 22.9 Å². The fourth-order valence-corrected chi connectivity index (χ4v) is 3.54. The fraction of sp³-hybridized carbons (Fsp3) is 0.263. The Morgan fingerprint density at radius 2 is 1.58 bits per heavy atom. The van der Waals surface area contributed by atoms with Crippen LogP contribution in [0.1, 0.15) is 23.5 Å². The second-order valence-electron chi connectivity index (χ2n) is 5.99. The molecule has 1 unspecified atom stereocenters. The summed E-state index contributed by atoms with van der Waals surface area (Å²) in [4.78, 5) is 22.3. The standard InChI is InChI=1S/C19H17Cl2NO4/c20-17(21)9-16(18(23)24)22-19(25)26-10-15-13-7-3-1-5-11(13)12-6-2-4-8-14(12)15/h1-8,15-17H,9-10H2,(H,22,25)(H,23,24). The van der Waals surface area contributed by atoms with Crippen molar-refractivity contribution in [2.24, 2.45) is 0 Å². The molecule has 0 radical (unpaired) electrons. The molecule has 0 saturated carbocycles. The average molecular weight is 394 g/mol. The number of benzene rings is 2. The van der Waals surface area contributed by atoms with Crippen molar-refractivity contribution in [1.82, 2.24) is 5.32 Å². The number of amides is 1. The van der Waals surface area contributed by atoms with Crippen molar-refractivity contribution in [1.29, 1.82) is 0 Å². The number of alkyl halides is 2. The molecule has 5 nitrogen and oxygen atoms in total. The minimum absolute atomic E-state index is 0.0924. The van der Waals surface area contributed by atoms with E-state index in [1.54, 1.807) is 0 Å². The molecule has 0 spiro atoms. The lowest BCUT2D eigenvalue weighted by Gasteiger charge is -2.17. The van der Waals surface area contributed by atoms with Crippen molar-refractivity contribution in [2.75, 3.05) is 6.61 Å². The largest absolute Gasteiger partial charge is 0.480 e. The van der Waals surface area contributed by atoms with Gasteiger partial charge >= 0.3 is 12.1 Å². The molecule has 0 fully saturated rings. The summed E-state index contributed by atoms with van der Waals surface area (Å²) in [6, 6.07) is 14.7. The molecule has 0 heterocycles. The summed E-state index contributed by atoms with van der Waals surface area (Å²) in [7, 11) is 0. The van der Waals surface area contributed by atoms with Gasteiger partial charge in [0.2, 0.25) is 0 Å². The monoisotopic (exact) mass is 393 g/mol. The van der Waals surface area contributed by atoms with Gasteiger partial charge in [-0.15, -0.1) is 23.2 Å². The Kier molecular flexibility index (Phi) is 5.69. The molecule has 1 aliphatic carbocycles. The van der Waals surface area contributed by atoms with Crippen LogP contribution >= 0.6 is 23.2 Å². The highest BCUT2D eigenvalue weighted by Gasteiger charge is 2.30. The van der Waals surface area contributed by atoms with Gasteiger partial charge in [0.15, 0.2) is 0 Å². The molecule has 0 bridgehead atoms. The number of hydrogen-bond acceptors (Lipinski definition) is 3. The maximum atomic E-state index is 12.0. The Morgan fingerprint density at radius 3 is 2.08 bits per heavy atom. The van der Waals surface area contributed by atoms with Crippen LogP contribution in [0.3, 0.4) is 0 Å². The maximum absolute atomic E-state index is 12.0. The third-order valence-corrected chi connectivity index (χ3v) is 4.70. The summed E-state index contributed by atoms with van der Waals surface area (Å²) in [6.07, 6.45) is -0.920. The number of carboxylic acids is 1. The fourth-order valence-electron chi connectivity index (χ4n) is 3.18. The van der Waals surface area contributed by atoms with Gasteiger partial charge in [-0.1, -0.05) is 48.5 Å². The van der Waals surface area contributed by atoms with Gasteiger partial charge in [-0.2, -0.15) is 0 Å². The summed E-state index contributed by atoms with van der Waals surface area (Å²) < 4.78 is 5.30. The first-order chi connectivity index (χ1) is 12.5. The predicted octanol–water partition coefficient (Wildman–Crippen LogP) is 4.17. The Hall–Kier alpha value is -2.24. The Balaban J connectivity index is 1.70. The van der Waals surface area contributed by atoms with Crippen LogP contribution in [0, 0.1) is 0 Å². The number of carbonyl (C=O) groups is 2. The van der Waals surface area contributed by atoms with E-state index in [0.29, 0.717) is 0 Å². The van der Waals surface area contributed by atoms with Gasteiger partial charge in [-0.3, -0.25) is 0 Å². The van der Waals surface area contributed by atoms with E-state index in [1.807, 2.05) is 48.5 Å². The van der Waals surface area contributed by atoms with Gasteiger partial charge in [0, 0.05) is 12.3 Å². The SMILES string of the molecule is O=C(NC(CC(Cl)Cl)C(=O)O)OCC1c2ccccc2-c2ccccc21. The van der Waals surface area contributed by atoms with Crippen LogP contribution in [0.5, 0.6) is 0 Å². The average Bonchev–Trinajstić information content (AvgIpc) is 2.93. The van der Waals surface area contributed by atoms with E-state index in [2.05, 4.69) is 5.32 Å². The predicted molar refractivity (Wildman–Crippen MR) is 99.7 cm³/mol. The van der Waals surface area contributed by atoms with Crippen molar-refractivity contribution >= 4 is 35.3 Å². The highest BCUT2D eigenvalue weighted by Crippen LogP contribution is 2.44. The molecular formula is C19H17Cl2NO4. The quantitative estimate of drug-likeness (QED) is 0.721. The molecule has 2 aromatic carbocycles. The van der Waals surface area contributed by atoms with Gasteiger partial charge in [-0.25, -0.2) is 9.59 Å². The molecule has 1 atom stereocenters. The first-order valence-corrected chi connectivity index (χ1v) is 8.97. The zero-order valence-electron chi connectivity index (χ0n) is 13.7. The molecule has 0 aromatic heterocycles. The molecular weight excluding hydrogens is 377 g/mol. The number of carboxylic acid groups (broad SMARTS) is 1. The number of fused-ring (bicyclic) bond motifs is 3. The number of rotatable bonds is 6. The van der Waals surface area contributed by atoms with Crippen LogP contribution in [0.4, 0.5) is 4.79 Å². The Morgan fingerprint density at radius 1 is 1.04 bits per heavy atom. The maximum Gasteiger partial charge on any atom is 0.407 e. The van der Waals surface area contributed by atoms with Crippen LogP contribution in [0.15, 0.2) is 48.5 Å². The Labute approximate surface area is 160 Å². The minimum Gasteiger partial charge on any atom is -0.480 e. The molecule has 2 N–H and O–H groups in total. The van der Waals surface area contributed by atoms with E-state index in [1.165, 1.54) is 0 Å². The third kappa shape index (κ3) is 3.94. The molecule has 136 valence electrons. The number of carbonyl (C=O) groups excluding carboxylic acids is 1. The lowest BCUT2D eigenvalue weighted by atomic mass is 9.98. The van der Waals surface area contributed by atoms with Crippen LogP contribution in [-0.2, 0) is 9.53 Å². The lowest BCUT2D eigenvalue weighted by Crippen LogP contribution is -2.42. The van der Waals surface area contributed by atoms with E-state index in [9.17, 15) is 9.59 Å². The van der Waals surface area contributed by atoms with Crippen LogP contribution in [-0.4, -0.2) is 34.7 Å². The highest BCUT2D eigenvalue weighted by atomic mass is 35.5. The highest BCUT2D eigenvalue weighted by molar-refractivity contribution is 6.44. The number of alkyl carbamates (subject to hydrolysis) is 1. The lowest BCUT2D eigenvalue weighted by molar-refractivity contribution is -0.139. The van der Waals surface area contributed by atoms with E-state index in [0.717, 1.165) is 22.3 Å². The summed E-state index contributed by atoms with van der Waals surface area (Å²) >= 11 is 11.2. The van der Waals surface area contributed by atoms with E-state index in [-0.39, 0.29) is 18.9 Å². The molecule has 0 aliphatic heterocycles. The van der Waals surface area contributed by atoms with Gasteiger partial charge in [0.05, 0.1) is 0 Å². The smallest absolute Gasteiger partial charge is 0.407 e. The zero-order valence-corrected chi connectivity index (χ0v) is 15.2. The van der Waals surface area contributed by atoms with Crippen molar-refractivity contribution in [3.63, 3.8) is 0 Å². The van der Waals surface area contributed by atoms with Gasteiger partial charge in [0.1, 0.15) is 17.5 Å². The van der Waals surface area contributed by atoms with Crippen molar-refractivity contribution in [3.05, 3.63) is 59.7 Å². The number of nitrogens with one attached hydrogen (secondary N) is 1. The summed E-state index contributed by atoms with van der Waals surface area (Å²) in [5.74, 6) is -1.31. The van der Waals surface area contributed by atoms with Crippen LogP contribution in [0.2, 0.25) is 0 Å². The van der Waals surface area contributed by atoms with Gasteiger partial charge in [-0.05, 0) is 22.3 Å². The van der Waals surface area contributed by atoms with Crippen molar-refractivity contribution in [3.8, 4) is 11.1 Å². The first kappa shape index (κ1) is 18.5. The minimum atomic E-state index is -1.22. The van der Waals surface area contributed by atoms with Crippen LogP contribution in [0.25, 0.3) is 11.1 Å². The summed E-state index contributed by atoms with van der Waals surface area (Å²) in [5.41, 5.74) is 4.40. The van der Waals surface area contributed by atoms with Gasteiger partial charge < -0.3 is 15.2 Å². The number of halogens is 2. The number of aliphatic carboxylic acids is 1. The van der Waals surface area contributed by atoms with Crippen molar-refractivity contribution < 1.29 is 19.4 Å². The molecule has 26 heavy (non-hydrogen) atoms. The molecule has 3 rings (SSSR count). The van der Waals surface area contributed by atoms with E-state index >= 15 is 0 Å². The molecule has 1 amide bonds. The second kappa shape index (κ2) is 7.98. The number of ether oxygens (including phenoxy) is 1. The van der Waals surface area contributed by atoms with E-state index in [4.69, 9.17) is 33.0 Å². The summed E-state index contributed by atoms with van der Waals surface area (Å²) in [5, 5.41) is 11.4. The zero-order chi connectivity index (χ0) is 18.7. The van der Waals surface area contributed by atoms with Crippen molar-refractivity contribution in [2.45, 2.75) is 23.2 Å². The van der Waals surface area contributed by atoms with Gasteiger partial charge in [0.25, 0.3) is 0 Å². The Bertz CT molecular complexity index is 779. The van der Waals surface area contributed by atoms with Crippen LogP contribution < -0.4 is 5.32 Å². The number of hydrogen-bond donors (Lipinski definition) is 2. The molecule has 2 aromatic rings. The third-order valence-electron chi connectivity index (χ3n) is 4.35.